The monoisotopic (exact) mass is 569 g/mol. The van der Waals surface area contributed by atoms with Crippen molar-refractivity contribution in [2.75, 3.05) is 25.7 Å². The van der Waals surface area contributed by atoms with Crippen LogP contribution in [0.25, 0.3) is 11.1 Å². The summed E-state index contributed by atoms with van der Waals surface area (Å²) in [5.41, 5.74) is -4.95. The summed E-state index contributed by atoms with van der Waals surface area (Å²) in [5.74, 6) is -5.71. The summed E-state index contributed by atoms with van der Waals surface area (Å²) in [6.45, 7) is 0.614. The van der Waals surface area contributed by atoms with Crippen LogP contribution in [0.4, 0.5) is 27.6 Å². The van der Waals surface area contributed by atoms with Gasteiger partial charge >= 0.3 is 12.1 Å². The van der Waals surface area contributed by atoms with Gasteiger partial charge in [0, 0.05) is 29.6 Å². The number of fused-ring (bicyclic) bond motifs is 1. The molecule has 0 aliphatic carbocycles. The van der Waals surface area contributed by atoms with E-state index in [9.17, 15) is 32.3 Å². The number of rotatable bonds is 5. The average Bonchev–Trinajstić information content (AvgIpc) is 2.88. The number of ether oxygens (including phenoxy) is 2. The first kappa shape index (κ1) is 28.3. The number of esters is 1. The maximum absolute atomic E-state index is 15.1. The zero-order chi connectivity index (χ0) is 28.9. The Balaban J connectivity index is 1.78. The number of nitrogens with zero attached hydrogens (tertiary/aromatic N) is 1. The topological polar surface area (TPSA) is 76.1 Å². The molecule has 1 aliphatic heterocycles. The number of hydrogen-bond donors (Lipinski definition) is 1. The Hall–Kier alpha value is -3.70. The summed E-state index contributed by atoms with van der Waals surface area (Å²) in [7, 11) is 2.39. The second-order valence-electron chi connectivity index (χ2n) is 8.95. The Morgan fingerprint density at radius 1 is 1.08 bits per heavy atom. The minimum atomic E-state index is -5.38. The van der Waals surface area contributed by atoms with Crippen LogP contribution in [-0.2, 0) is 15.1 Å². The third kappa shape index (κ3) is 4.80. The molecule has 0 radical (unpaired) electrons. The van der Waals surface area contributed by atoms with Crippen LogP contribution >= 0.6 is 11.6 Å². The smallest absolute Gasteiger partial charge is 0.422 e. The van der Waals surface area contributed by atoms with Crippen LogP contribution in [0, 0.1) is 11.6 Å². The van der Waals surface area contributed by atoms with Crippen molar-refractivity contribution in [3.63, 3.8) is 0 Å². The van der Waals surface area contributed by atoms with Crippen molar-refractivity contribution in [1.29, 1.82) is 0 Å². The molecule has 2 atom stereocenters. The molecule has 206 valence electrons. The summed E-state index contributed by atoms with van der Waals surface area (Å²) in [5, 5.41) is 11.0. The summed E-state index contributed by atoms with van der Waals surface area (Å²) in [6, 6.07) is 8.88. The molecule has 6 nitrogen and oxygen atoms in total. The molecule has 39 heavy (non-hydrogen) atoms. The fourth-order valence-electron chi connectivity index (χ4n) is 4.47. The first-order chi connectivity index (χ1) is 18.2. The Morgan fingerprint density at radius 2 is 1.72 bits per heavy atom. The van der Waals surface area contributed by atoms with Crippen molar-refractivity contribution in [3.05, 3.63) is 81.9 Å². The molecular weight excluding hydrogens is 549 g/mol. The third-order valence-electron chi connectivity index (χ3n) is 6.78. The van der Waals surface area contributed by atoms with Crippen LogP contribution in [0.15, 0.2) is 48.5 Å². The number of hydrogen-bond acceptors (Lipinski definition) is 5. The van der Waals surface area contributed by atoms with Crippen LogP contribution < -0.4 is 9.64 Å². The van der Waals surface area contributed by atoms with Crippen molar-refractivity contribution in [2.24, 2.45) is 0 Å². The molecule has 3 aromatic carbocycles. The van der Waals surface area contributed by atoms with Gasteiger partial charge in [0.05, 0.1) is 18.4 Å². The number of halogens is 6. The van der Waals surface area contributed by atoms with Crippen LogP contribution in [0.3, 0.4) is 0 Å². The largest absolute Gasteiger partial charge is 0.481 e. The molecule has 0 spiro atoms. The Bertz CT molecular complexity index is 1480. The van der Waals surface area contributed by atoms with Gasteiger partial charge in [-0.1, -0.05) is 36.7 Å². The van der Waals surface area contributed by atoms with Crippen molar-refractivity contribution < 1.29 is 46.1 Å². The fraction of sp³-hybridized carbons (Fsp3) is 0.259. The number of alkyl halides is 3. The number of amides is 1. The maximum atomic E-state index is 15.1. The van der Waals surface area contributed by atoms with Gasteiger partial charge < -0.3 is 19.5 Å². The molecule has 12 heteroatoms. The van der Waals surface area contributed by atoms with Gasteiger partial charge in [-0.05, 0) is 41.0 Å². The maximum Gasteiger partial charge on any atom is 0.422 e. The van der Waals surface area contributed by atoms with Crippen molar-refractivity contribution in [3.8, 4) is 16.9 Å². The number of methoxy groups -OCH3 is 1. The summed E-state index contributed by atoms with van der Waals surface area (Å²) in [4.78, 5) is 24.6. The normalized spacial score (nSPS) is 15.7. The number of anilines is 1. The lowest BCUT2D eigenvalue weighted by Crippen LogP contribution is -2.47. The van der Waals surface area contributed by atoms with Gasteiger partial charge in [0.2, 0.25) is 0 Å². The lowest BCUT2D eigenvalue weighted by atomic mass is 9.77. The number of carbonyl (C=O) groups is 2. The first-order valence-electron chi connectivity index (χ1n) is 11.4. The number of carbonyl (C=O) groups excluding carboxylic acids is 2. The molecule has 0 saturated carbocycles. The summed E-state index contributed by atoms with van der Waals surface area (Å²) >= 11 is 6.35. The lowest BCUT2D eigenvalue weighted by Gasteiger charge is -2.38. The first-order valence-corrected chi connectivity index (χ1v) is 11.8. The van der Waals surface area contributed by atoms with Crippen LogP contribution in [0.1, 0.15) is 34.3 Å². The number of aliphatic hydroxyl groups is 1. The highest BCUT2D eigenvalue weighted by Crippen LogP contribution is 2.52. The molecule has 1 heterocycles. The van der Waals surface area contributed by atoms with Gasteiger partial charge in [0.1, 0.15) is 17.4 Å². The second-order valence-corrected chi connectivity index (χ2v) is 9.36. The van der Waals surface area contributed by atoms with E-state index in [0.717, 1.165) is 31.1 Å². The predicted molar refractivity (Wildman–Crippen MR) is 132 cm³/mol. The van der Waals surface area contributed by atoms with Crippen LogP contribution in [-0.4, -0.2) is 43.9 Å². The zero-order valence-electron chi connectivity index (χ0n) is 20.7. The average molecular weight is 570 g/mol. The number of likely N-dealkylation sites (N-methyl/N-ethyl adjacent to an activating group) is 1. The van der Waals surface area contributed by atoms with Crippen molar-refractivity contribution >= 4 is 29.2 Å². The molecule has 4 rings (SSSR count). The molecule has 1 N–H and O–H groups in total. The lowest BCUT2D eigenvalue weighted by molar-refractivity contribution is -0.275. The zero-order valence-corrected chi connectivity index (χ0v) is 21.5. The van der Waals surface area contributed by atoms with E-state index in [2.05, 4.69) is 4.74 Å². The molecule has 1 aliphatic rings. The predicted octanol–water partition coefficient (Wildman–Crippen LogP) is 5.98. The van der Waals surface area contributed by atoms with Gasteiger partial charge in [-0.15, -0.1) is 0 Å². The van der Waals surface area contributed by atoms with E-state index in [-0.39, 0.29) is 33.1 Å². The molecule has 3 aromatic rings. The second kappa shape index (κ2) is 10.1. The van der Waals surface area contributed by atoms with E-state index in [4.69, 9.17) is 16.3 Å². The van der Waals surface area contributed by atoms with E-state index < -0.39 is 53.4 Å². The highest BCUT2D eigenvalue weighted by molar-refractivity contribution is 6.31. The van der Waals surface area contributed by atoms with Gasteiger partial charge in [0.15, 0.2) is 12.2 Å². The van der Waals surface area contributed by atoms with E-state index in [0.29, 0.717) is 11.6 Å². The minimum absolute atomic E-state index is 0.142. The molecule has 1 amide bonds. The van der Waals surface area contributed by atoms with Crippen LogP contribution in [0.2, 0.25) is 5.02 Å². The Kier molecular flexibility index (Phi) is 7.35. The van der Waals surface area contributed by atoms with E-state index in [1.54, 1.807) is 0 Å². The van der Waals surface area contributed by atoms with Gasteiger partial charge in [-0.3, -0.25) is 4.79 Å². The third-order valence-corrected chi connectivity index (χ3v) is 7.11. The van der Waals surface area contributed by atoms with E-state index in [1.807, 2.05) is 0 Å². The quantitative estimate of drug-likeness (QED) is 0.302. The van der Waals surface area contributed by atoms with Gasteiger partial charge in [-0.2, -0.15) is 13.2 Å². The van der Waals surface area contributed by atoms with Gasteiger partial charge in [0.25, 0.3) is 5.91 Å². The SMILES string of the molecule is COC(=O)c1ccc(-c2ccc(C(C)C(O)(c3cc4c(cc3F)OCC(=O)N4C)C(F)(F)F)c(Cl)c2)cc1F. The van der Waals surface area contributed by atoms with Gasteiger partial charge in [-0.25, -0.2) is 13.6 Å². The number of benzene rings is 3. The summed E-state index contributed by atoms with van der Waals surface area (Å²) < 4.78 is 82.7. The van der Waals surface area contributed by atoms with E-state index >= 15 is 4.39 Å². The molecular formula is C27H21ClF5NO5. The molecule has 0 saturated heterocycles. The fourth-order valence-corrected chi connectivity index (χ4v) is 4.81. The Morgan fingerprint density at radius 3 is 2.31 bits per heavy atom. The molecule has 0 bridgehead atoms. The molecule has 2 unspecified atom stereocenters. The van der Waals surface area contributed by atoms with Crippen LogP contribution in [0.5, 0.6) is 5.75 Å². The van der Waals surface area contributed by atoms with Crippen molar-refractivity contribution in [2.45, 2.75) is 24.6 Å². The highest BCUT2D eigenvalue weighted by Gasteiger charge is 2.60. The standard InChI is InChI=1S/C27H21ClF5NO5/c1-13(16-6-4-14(8-19(16)28)15-5-7-17(20(29)9-15)25(36)38-3)26(37,27(31,32)33)18-10-22-23(11-21(18)30)39-12-24(35)34(22)2/h4-11,13,37H,12H2,1-3H3. The molecule has 0 aromatic heterocycles. The van der Waals surface area contributed by atoms with Crippen molar-refractivity contribution in [1.82, 2.24) is 0 Å². The van der Waals surface area contributed by atoms with E-state index in [1.165, 1.54) is 37.4 Å². The Labute approximate surface area is 224 Å². The minimum Gasteiger partial charge on any atom is -0.481 e. The summed E-state index contributed by atoms with van der Waals surface area (Å²) in [6.07, 6.45) is -5.38. The highest BCUT2D eigenvalue weighted by atomic mass is 35.5. The molecule has 0 fully saturated rings.